The lowest BCUT2D eigenvalue weighted by molar-refractivity contribution is -0.112. The highest BCUT2D eigenvalue weighted by Crippen LogP contribution is 2.14. The Hall–Kier alpha value is -1.22. The highest BCUT2D eigenvalue weighted by Gasteiger charge is 2.06. The van der Waals surface area contributed by atoms with Gasteiger partial charge in [-0.15, -0.1) is 0 Å². The summed E-state index contributed by atoms with van der Waals surface area (Å²) in [5.41, 5.74) is 1.47. The highest BCUT2D eigenvalue weighted by molar-refractivity contribution is 7.99. The zero-order valence-corrected chi connectivity index (χ0v) is 13.9. The molecule has 0 aliphatic rings. The number of carbonyl (C=O) groups excluding carboxylic acids is 1. The van der Waals surface area contributed by atoms with Gasteiger partial charge in [0.25, 0.3) is 5.91 Å². The molecule has 0 fully saturated rings. The molecule has 0 atom stereocenters. The van der Waals surface area contributed by atoms with Gasteiger partial charge in [-0.3, -0.25) is 4.79 Å². The molecule has 21 heavy (non-hydrogen) atoms. The lowest BCUT2D eigenvalue weighted by Gasteiger charge is -2.07. The molecule has 0 heterocycles. The molecule has 2 nitrogen and oxygen atoms in total. The van der Waals surface area contributed by atoms with Crippen LogP contribution in [0.5, 0.6) is 0 Å². The molecule has 0 aliphatic carbocycles. The van der Waals surface area contributed by atoms with Crippen LogP contribution in [0.2, 0.25) is 0 Å². The first-order valence-electron chi connectivity index (χ1n) is 7.86. The molecule has 0 bridgehead atoms. The van der Waals surface area contributed by atoms with Gasteiger partial charge in [-0.1, -0.05) is 63.8 Å². The Morgan fingerprint density at radius 3 is 2.48 bits per heavy atom. The summed E-state index contributed by atoms with van der Waals surface area (Å²) in [6, 6.07) is 9.52. The van der Waals surface area contributed by atoms with Crippen molar-refractivity contribution in [1.82, 2.24) is 0 Å². The van der Waals surface area contributed by atoms with E-state index in [4.69, 9.17) is 0 Å². The molecule has 0 radical (unpaired) electrons. The van der Waals surface area contributed by atoms with Gasteiger partial charge in [0.15, 0.2) is 0 Å². The first kappa shape index (κ1) is 17.8. The number of thioether (sulfide) groups is 1. The van der Waals surface area contributed by atoms with Crippen LogP contribution in [-0.2, 0) is 4.79 Å². The fourth-order valence-corrected chi connectivity index (χ4v) is 2.92. The fraction of sp³-hybridized carbons (Fsp3) is 0.500. The van der Waals surface area contributed by atoms with Gasteiger partial charge in [-0.05, 0) is 24.3 Å². The third kappa shape index (κ3) is 8.61. The van der Waals surface area contributed by atoms with Crippen molar-refractivity contribution in [3.63, 3.8) is 0 Å². The van der Waals surface area contributed by atoms with Gasteiger partial charge < -0.3 is 5.32 Å². The smallest absolute Gasteiger partial charge is 0.251 e. The Kier molecular flexibility index (Phi) is 9.71. The van der Waals surface area contributed by atoms with E-state index < -0.39 is 0 Å². The molecule has 1 rings (SSSR count). The van der Waals surface area contributed by atoms with E-state index in [0.717, 1.165) is 11.4 Å². The van der Waals surface area contributed by atoms with E-state index in [-0.39, 0.29) is 5.91 Å². The molecule has 0 unspecified atom stereocenters. The summed E-state index contributed by atoms with van der Waals surface area (Å²) in [4.78, 5) is 11.9. The summed E-state index contributed by atoms with van der Waals surface area (Å²) >= 11 is 1.80. The number of unbranched alkanes of at least 4 members (excludes halogenated alkanes) is 5. The Labute approximate surface area is 133 Å². The Morgan fingerprint density at radius 1 is 1.10 bits per heavy atom. The number of anilines is 1. The molecule has 0 aliphatic heterocycles. The van der Waals surface area contributed by atoms with Crippen LogP contribution < -0.4 is 5.32 Å². The number of benzene rings is 1. The molecule has 1 aromatic rings. The Balaban J connectivity index is 2.06. The lowest BCUT2D eigenvalue weighted by atomic mass is 10.1. The van der Waals surface area contributed by atoms with Gasteiger partial charge in [-0.2, -0.15) is 11.8 Å². The van der Waals surface area contributed by atoms with Crippen LogP contribution in [0.3, 0.4) is 0 Å². The second kappa shape index (κ2) is 11.4. The molecular formula is C18H27NOS. The van der Waals surface area contributed by atoms with Gasteiger partial charge >= 0.3 is 0 Å². The number of carbonyl (C=O) groups is 1. The van der Waals surface area contributed by atoms with E-state index in [0.29, 0.717) is 11.3 Å². The van der Waals surface area contributed by atoms with Crippen molar-refractivity contribution in [1.29, 1.82) is 0 Å². The molecule has 0 saturated heterocycles. The van der Waals surface area contributed by atoms with Crippen LogP contribution in [0.25, 0.3) is 0 Å². The minimum atomic E-state index is -0.0726. The zero-order chi connectivity index (χ0) is 15.3. The summed E-state index contributed by atoms with van der Waals surface area (Å²) in [6.45, 7) is 6.11. The zero-order valence-electron chi connectivity index (χ0n) is 13.1. The van der Waals surface area contributed by atoms with Gasteiger partial charge in [0, 0.05) is 17.0 Å². The van der Waals surface area contributed by atoms with Crippen LogP contribution in [0.4, 0.5) is 5.69 Å². The molecule has 1 amide bonds. The SMILES string of the molecule is C=C(CSCCCCCCCC)C(=O)Nc1ccccc1. The maximum atomic E-state index is 11.9. The molecule has 1 N–H and O–H groups in total. The molecular weight excluding hydrogens is 278 g/mol. The van der Waals surface area contributed by atoms with Crippen LogP contribution in [0.15, 0.2) is 42.5 Å². The van der Waals surface area contributed by atoms with Crippen LogP contribution in [-0.4, -0.2) is 17.4 Å². The number of para-hydroxylation sites is 1. The predicted octanol–water partition coefficient (Wildman–Crippen LogP) is 5.28. The molecule has 3 heteroatoms. The Morgan fingerprint density at radius 2 is 1.76 bits per heavy atom. The summed E-state index contributed by atoms with van der Waals surface area (Å²) < 4.78 is 0. The summed E-state index contributed by atoms with van der Waals surface area (Å²) in [7, 11) is 0. The maximum Gasteiger partial charge on any atom is 0.251 e. The topological polar surface area (TPSA) is 29.1 Å². The third-order valence-corrected chi connectivity index (χ3v) is 4.40. The van der Waals surface area contributed by atoms with Crippen molar-refractivity contribution in [3.8, 4) is 0 Å². The third-order valence-electron chi connectivity index (χ3n) is 3.27. The van der Waals surface area contributed by atoms with E-state index in [1.54, 1.807) is 11.8 Å². The van der Waals surface area contributed by atoms with Crippen LogP contribution in [0.1, 0.15) is 45.4 Å². The minimum absolute atomic E-state index is 0.0726. The minimum Gasteiger partial charge on any atom is -0.322 e. The van der Waals surface area contributed by atoms with Gasteiger partial charge in [0.05, 0.1) is 0 Å². The van der Waals surface area contributed by atoms with Crippen molar-refractivity contribution >= 4 is 23.4 Å². The number of rotatable bonds is 11. The van der Waals surface area contributed by atoms with Crippen LogP contribution >= 0.6 is 11.8 Å². The molecule has 0 aromatic heterocycles. The van der Waals surface area contributed by atoms with Crippen molar-refractivity contribution in [2.45, 2.75) is 45.4 Å². The average Bonchev–Trinajstić information content (AvgIpc) is 2.50. The van der Waals surface area contributed by atoms with Crippen molar-refractivity contribution in [3.05, 3.63) is 42.5 Å². The standard InChI is InChI=1S/C18H27NOS/c1-3-4-5-6-7-11-14-21-15-16(2)18(20)19-17-12-9-8-10-13-17/h8-10,12-13H,2-7,11,14-15H2,1H3,(H,19,20). The van der Waals surface area contributed by atoms with Crippen molar-refractivity contribution < 1.29 is 4.79 Å². The number of amides is 1. The van der Waals surface area contributed by atoms with E-state index in [1.165, 1.54) is 38.5 Å². The maximum absolute atomic E-state index is 11.9. The van der Waals surface area contributed by atoms with Gasteiger partial charge in [0.2, 0.25) is 0 Å². The summed E-state index contributed by atoms with van der Waals surface area (Å²) in [5, 5.41) is 2.87. The Bertz CT molecular complexity index is 416. The van der Waals surface area contributed by atoms with Crippen molar-refractivity contribution in [2.75, 3.05) is 16.8 Å². The molecule has 0 saturated carbocycles. The second-order valence-corrected chi connectivity index (χ2v) is 6.35. The highest BCUT2D eigenvalue weighted by atomic mass is 32.2. The van der Waals surface area contributed by atoms with Crippen LogP contribution in [0, 0.1) is 0 Å². The first-order chi connectivity index (χ1) is 10.2. The van der Waals surface area contributed by atoms with E-state index in [2.05, 4.69) is 18.8 Å². The second-order valence-electron chi connectivity index (χ2n) is 5.24. The largest absolute Gasteiger partial charge is 0.322 e. The fourth-order valence-electron chi connectivity index (χ4n) is 1.99. The quantitative estimate of drug-likeness (QED) is 0.445. The van der Waals surface area contributed by atoms with E-state index >= 15 is 0 Å². The number of hydrogen-bond donors (Lipinski definition) is 1. The summed E-state index contributed by atoms with van der Waals surface area (Å²) in [6.07, 6.45) is 7.88. The average molecular weight is 305 g/mol. The number of nitrogens with one attached hydrogen (secondary N) is 1. The molecule has 1 aromatic carbocycles. The van der Waals surface area contributed by atoms with E-state index in [1.807, 2.05) is 30.3 Å². The molecule has 116 valence electrons. The van der Waals surface area contributed by atoms with Gasteiger partial charge in [0.1, 0.15) is 0 Å². The van der Waals surface area contributed by atoms with Gasteiger partial charge in [-0.25, -0.2) is 0 Å². The van der Waals surface area contributed by atoms with Crippen molar-refractivity contribution in [2.24, 2.45) is 0 Å². The lowest BCUT2D eigenvalue weighted by Crippen LogP contribution is -2.15. The van der Waals surface area contributed by atoms with E-state index in [9.17, 15) is 4.79 Å². The normalized spacial score (nSPS) is 10.3. The number of hydrogen-bond acceptors (Lipinski definition) is 2. The first-order valence-corrected chi connectivity index (χ1v) is 9.01. The monoisotopic (exact) mass is 305 g/mol. The summed E-state index contributed by atoms with van der Waals surface area (Å²) in [5.74, 6) is 1.76. The predicted molar refractivity (Wildman–Crippen MR) is 94.9 cm³/mol. The molecule has 0 spiro atoms.